The molecule has 0 aliphatic carbocycles. The second-order valence-corrected chi connectivity index (χ2v) is 5.38. The van der Waals surface area contributed by atoms with Gasteiger partial charge in [-0.2, -0.15) is 0 Å². The summed E-state index contributed by atoms with van der Waals surface area (Å²) in [5, 5.41) is 8.93. The summed E-state index contributed by atoms with van der Waals surface area (Å²) in [5.74, 6) is -1.23. The van der Waals surface area contributed by atoms with Gasteiger partial charge in [0.1, 0.15) is 10.6 Å². The second kappa shape index (κ2) is 4.22. The summed E-state index contributed by atoms with van der Waals surface area (Å²) in [7, 11) is -3.78. The summed E-state index contributed by atoms with van der Waals surface area (Å²) in [5.41, 5.74) is 0.381. The predicted octanol–water partition coefficient (Wildman–Crippen LogP) is 1.15. The normalized spacial score (nSPS) is 11.4. The zero-order valence-electron chi connectivity index (χ0n) is 9.39. The van der Waals surface area contributed by atoms with E-state index < -0.39 is 16.0 Å². The standard InChI is InChI=1S/C10H11N3O4S/c1-6-4-8(9(12-6)10(14)15)13-18(16,17)7-2-3-11-5-7/h2-5,11-13H,1H3,(H,14,15). The number of hydrogen-bond donors (Lipinski definition) is 4. The van der Waals surface area contributed by atoms with Crippen molar-refractivity contribution in [1.82, 2.24) is 9.97 Å². The first-order chi connectivity index (χ1) is 8.40. The van der Waals surface area contributed by atoms with Gasteiger partial charge in [0.2, 0.25) is 0 Å². The first-order valence-electron chi connectivity index (χ1n) is 4.98. The zero-order valence-corrected chi connectivity index (χ0v) is 10.2. The number of anilines is 1. The lowest BCUT2D eigenvalue weighted by Gasteiger charge is -2.05. The summed E-state index contributed by atoms with van der Waals surface area (Å²) in [6.07, 6.45) is 2.78. The van der Waals surface area contributed by atoms with E-state index in [0.29, 0.717) is 5.69 Å². The van der Waals surface area contributed by atoms with E-state index in [1.807, 2.05) is 0 Å². The Kier molecular flexibility index (Phi) is 2.87. The van der Waals surface area contributed by atoms with E-state index in [-0.39, 0.29) is 16.3 Å². The van der Waals surface area contributed by atoms with Gasteiger partial charge in [-0.25, -0.2) is 13.2 Å². The second-order valence-electron chi connectivity index (χ2n) is 3.70. The van der Waals surface area contributed by atoms with Crippen LogP contribution in [0.15, 0.2) is 29.4 Å². The van der Waals surface area contributed by atoms with Crippen LogP contribution in [0, 0.1) is 6.92 Å². The average molecular weight is 269 g/mol. The molecule has 0 aromatic carbocycles. The maximum absolute atomic E-state index is 11.9. The molecule has 7 nitrogen and oxygen atoms in total. The van der Waals surface area contributed by atoms with Crippen LogP contribution in [-0.2, 0) is 10.0 Å². The number of aromatic amines is 2. The molecule has 0 unspecified atom stereocenters. The van der Waals surface area contributed by atoms with Crippen LogP contribution in [0.2, 0.25) is 0 Å². The summed E-state index contributed by atoms with van der Waals surface area (Å²) in [6, 6.07) is 2.80. The van der Waals surface area contributed by atoms with E-state index in [9.17, 15) is 13.2 Å². The predicted molar refractivity (Wildman–Crippen MR) is 64.1 cm³/mol. The summed E-state index contributed by atoms with van der Waals surface area (Å²) in [4.78, 5) is 16.2. The fourth-order valence-corrected chi connectivity index (χ4v) is 2.56. The fraction of sp³-hybridized carbons (Fsp3) is 0.100. The molecule has 96 valence electrons. The van der Waals surface area contributed by atoms with Crippen molar-refractivity contribution in [3.8, 4) is 0 Å². The molecule has 0 saturated carbocycles. The molecule has 8 heteroatoms. The molecular formula is C10H11N3O4S. The van der Waals surface area contributed by atoms with Crippen molar-refractivity contribution in [3.05, 3.63) is 35.9 Å². The van der Waals surface area contributed by atoms with Crippen LogP contribution in [0.25, 0.3) is 0 Å². The molecule has 2 aromatic rings. The molecule has 18 heavy (non-hydrogen) atoms. The third-order valence-electron chi connectivity index (χ3n) is 2.29. The molecule has 2 aromatic heterocycles. The van der Waals surface area contributed by atoms with E-state index in [0.717, 1.165) is 0 Å². The Morgan fingerprint density at radius 1 is 1.44 bits per heavy atom. The Hall–Kier alpha value is -2.22. The van der Waals surface area contributed by atoms with Crippen LogP contribution < -0.4 is 4.72 Å². The highest BCUT2D eigenvalue weighted by Crippen LogP contribution is 2.21. The zero-order chi connectivity index (χ0) is 13.3. The van der Waals surface area contributed by atoms with Crippen molar-refractivity contribution in [3.63, 3.8) is 0 Å². The van der Waals surface area contributed by atoms with Crippen LogP contribution in [0.5, 0.6) is 0 Å². The van der Waals surface area contributed by atoms with Gasteiger partial charge in [-0.3, -0.25) is 4.72 Å². The molecule has 0 radical (unpaired) electrons. The van der Waals surface area contributed by atoms with Gasteiger partial charge < -0.3 is 15.1 Å². The number of aromatic carboxylic acids is 1. The maximum atomic E-state index is 11.9. The number of aryl methyl sites for hydroxylation is 1. The third kappa shape index (κ3) is 2.23. The van der Waals surface area contributed by atoms with Gasteiger partial charge in [0, 0.05) is 18.1 Å². The highest BCUT2D eigenvalue weighted by atomic mass is 32.2. The lowest BCUT2D eigenvalue weighted by atomic mass is 10.4. The van der Waals surface area contributed by atoms with Crippen LogP contribution in [0.1, 0.15) is 16.2 Å². The number of carboxylic acid groups (broad SMARTS) is 1. The Bertz CT molecular complexity index is 670. The molecule has 0 spiro atoms. The number of sulfonamides is 1. The molecular weight excluding hydrogens is 258 g/mol. The summed E-state index contributed by atoms with van der Waals surface area (Å²) in [6.45, 7) is 1.64. The van der Waals surface area contributed by atoms with E-state index in [2.05, 4.69) is 14.7 Å². The molecule has 4 N–H and O–H groups in total. The molecule has 0 bridgehead atoms. The van der Waals surface area contributed by atoms with Crippen molar-refractivity contribution < 1.29 is 18.3 Å². The summed E-state index contributed by atoms with van der Waals surface area (Å²) < 4.78 is 26.0. The van der Waals surface area contributed by atoms with Gasteiger partial charge >= 0.3 is 5.97 Å². The Balaban J connectivity index is 2.38. The van der Waals surface area contributed by atoms with Gasteiger partial charge in [0.15, 0.2) is 0 Å². The van der Waals surface area contributed by atoms with E-state index in [1.54, 1.807) is 6.92 Å². The van der Waals surface area contributed by atoms with Crippen LogP contribution in [0.4, 0.5) is 5.69 Å². The lowest BCUT2D eigenvalue weighted by Crippen LogP contribution is -2.14. The number of aromatic nitrogens is 2. The largest absolute Gasteiger partial charge is 0.477 e. The molecule has 2 heterocycles. The van der Waals surface area contributed by atoms with Gasteiger partial charge in [0.05, 0.1) is 5.69 Å². The topological polar surface area (TPSA) is 115 Å². The van der Waals surface area contributed by atoms with Crippen molar-refractivity contribution in [2.75, 3.05) is 4.72 Å². The monoisotopic (exact) mass is 269 g/mol. The van der Waals surface area contributed by atoms with Crippen molar-refractivity contribution in [2.24, 2.45) is 0 Å². The molecule has 0 aliphatic heterocycles. The number of H-pyrrole nitrogens is 2. The molecule has 0 aliphatic rings. The van der Waals surface area contributed by atoms with Gasteiger partial charge in [0.25, 0.3) is 10.0 Å². The van der Waals surface area contributed by atoms with Crippen molar-refractivity contribution in [1.29, 1.82) is 0 Å². The minimum atomic E-state index is -3.78. The van der Waals surface area contributed by atoms with Crippen LogP contribution in [0.3, 0.4) is 0 Å². The van der Waals surface area contributed by atoms with E-state index in [1.165, 1.54) is 24.5 Å². The Labute approximate surface area is 103 Å². The Morgan fingerprint density at radius 2 is 2.17 bits per heavy atom. The molecule has 0 amide bonds. The maximum Gasteiger partial charge on any atom is 0.354 e. The number of hydrogen-bond acceptors (Lipinski definition) is 3. The molecule has 2 rings (SSSR count). The smallest absolute Gasteiger partial charge is 0.354 e. The quantitative estimate of drug-likeness (QED) is 0.666. The minimum absolute atomic E-state index is 0.0150. The molecule has 0 saturated heterocycles. The van der Waals surface area contributed by atoms with Gasteiger partial charge in [-0.15, -0.1) is 0 Å². The van der Waals surface area contributed by atoms with E-state index >= 15 is 0 Å². The fourth-order valence-electron chi connectivity index (χ4n) is 1.52. The molecule has 0 atom stereocenters. The number of carboxylic acids is 1. The van der Waals surface area contributed by atoms with E-state index in [4.69, 9.17) is 5.11 Å². The average Bonchev–Trinajstić information content (AvgIpc) is 2.86. The summed E-state index contributed by atoms with van der Waals surface area (Å²) >= 11 is 0. The van der Waals surface area contributed by atoms with Crippen molar-refractivity contribution >= 4 is 21.7 Å². The number of nitrogens with one attached hydrogen (secondary N) is 3. The lowest BCUT2D eigenvalue weighted by molar-refractivity contribution is 0.0692. The van der Waals surface area contributed by atoms with Crippen LogP contribution in [-0.4, -0.2) is 29.5 Å². The number of carbonyl (C=O) groups is 1. The third-order valence-corrected chi connectivity index (χ3v) is 3.65. The van der Waals surface area contributed by atoms with Gasteiger partial charge in [-0.05, 0) is 19.1 Å². The SMILES string of the molecule is Cc1cc(NS(=O)(=O)c2cc[nH]c2)c(C(=O)O)[nH]1. The van der Waals surface area contributed by atoms with Crippen molar-refractivity contribution in [2.45, 2.75) is 11.8 Å². The minimum Gasteiger partial charge on any atom is -0.477 e. The number of rotatable bonds is 4. The Morgan fingerprint density at radius 3 is 2.72 bits per heavy atom. The highest BCUT2D eigenvalue weighted by molar-refractivity contribution is 7.92. The highest BCUT2D eigenvalue weighted by Gasteiger charge is 2.20. The van der Waals surface area contributed by atoms with Gasteiger partial charge in [-0.1, -0.05) is 0 Å². The molecule has 0 fully saturated rings. The first kappa shape index (κ1) is 12.2. The van der Waals surface area contributed by atoms with Crippen LogP contribution >= 0.6 is 0 Å². The first-order valence-corrected chi connectivity index (χ1v) is 6.47.